The summed E-state index contributed by atoms with van der Waals surface area (Å²) in [5.74, 6) is 0. The first-order valence-corrected chi connectivity index (χ1v) is 6.70. The number of rotatable bonds is 5. The molecule has 0 radical (unpaired) electrons. The predicted octanol–water partition coefficient (Wildman–Crippen LogP) is 3.25. The third kappa shape index (κ3) is 3.66. The normalized spacial score (nSPS) is 11.8. The number of sulfone groups is 1. The lowest BCUT2D eigenvalue weighted by Crippen LogP contribution is -1.95. The molecular weight excluding hydrogens is 220 g/mol. The molecule has 16 heavy (non-hydrogen) atoms. The van der Waals surface area contributed by atoms with Gasteiger partial charge in [0.1, 0.15) is 0 Å². The summed E-state index contributed by atoms with van der Waals surface area (Å²) in [4.78, 5) is 0.341. The van der Waals surface area contributed by atoms with Crippen molar-refractivity contribution in [2.45, 2.75) is 24.7 Å². The van der Waals surface area contributed by atoms with Crippen molar-refractivity contribution in [3.63, 3.8) is 0 Å². The maximum absolute atomic E-state index is 11.8. The van der Waals surface area contributed by atoms with Crippen LogP contribution in [0.5, 0.6) is 0 Å². The molecule has 86 valence electrons. The maximum atomic E-state index is 11.8. The summed E-state index contributed by atoms with van der Waals surface area (Å²) in [7, 11) is -3.27. The van der Waals surface area contributed by atoms with E-state index in [1.165, 1.54) is 5.41 Å². The zero-order valence-electron chi connectivity index (χ0n) is 9.39. The Balaban J connectivity index is 2.82. The average Bonchev–Trinajstić information content (AvgIpc) is 2.25. The molecule has 1 rings (SSSR count). The van der Waals surface area contributed by atoms with Gasteiger partial charge in [-0.05, 0) is 31.9 Å². The molecule has 1 aromatic carbocycles. The van der Waals surface area contributed by atoms with Gasteiger partial charge < -0.3 is 0 Å². The molecule has 0 spiro atoms. The van der Waals surface area contributed by atoms with E-state index in [0.29, 0.717) is 11.3 Å². The lowest BCUT2D eigenvalue weighted by atomic mass is 10.2. The Morgan fingerprint density at radius 2 is 1.81 bits per heavy atom. The second kappa shape index (κ2) is 5.66. The summed E-state index contributed by atoms with van der Waals surface area (Å²) in [6.07, 6.45) is 4.92. The minimum Gasteiger partial charge on any atom is -0.219 e. The number of benzene rings is 1. The standard InChI is InChI=1S/C13H16O2S/c1-3-4-5-6-11-16(14,15)13-9-7-12(2)8-10-13/h3,6-11H,1,4-5H2,2H3/b11-6+. The van der Waals surface area contributed by atoms with Gasteiger partial charge in [0, 0.05) is 5.41 Å². The van der Waals surface area contributed by atoms with Crippen LogP contribution in [0.3, 0.4) is 0 Å². The average molecular weight is 236 g/mol. The fourth-order valence-electron chi connectivity index (χ4n) is 1.22. The molecule has 0 aliphatic rings. The van der Waals surface area contributed by atoms with Crippen LogP contribution in [0, 0.1) is 6.92 Å². The summed E-state index contributed by atoms with van der Waals surface area (Å²) in [5, 5.41) is 1.27. The minimum absolute atomic E-state index is 0.341. The third-order valence-corrected chi connectivity index (χ3v) is 3.64. The van der Waals surface area contributed by atoms with E-state index in [1.54, 1.807) is 36.4 Å². The van der Waals surface area contributed by atoms with E-state index < -0.39 is 9.84 Å². The lowest BCUT2D eigenvalue weighted by molar-refractivity contribution is 0.604. The lowest BCUT2D eigenvalue weighted by Gasteiger charge is -1.99. The van der Waals surface area contributed by atoms with Gasteiger partial charge >= 0.3 is 0 Å². The molecule has 0 saturated heterocycles. The van der Waals surface area contributed by atoms with Crippen LogP contribution >= 0.6 is 0 Å². The first-order chi connectivity index (χ1) is 7.56. The molecular formula is C13H16O2S. The highest BCUT2D eigenvalue weighted by Crippen LogP contribution is 2.13. The number of hydrogen-bond acceptors (Lipinski definition) is 2. The Hall–Kier alpha value is -1.35. The molecule has 2 nitrogen and oxygen atoms in total. The van der Waals surface area contributed by atoms with Crippen molar-refractivity contribution in [2.75, 3.05) is 0 Å². The topological polar surface area (TPSA) is 34.1 Å². The van der Waals surface area contributed by atoms with Crippen LogP contribution in [-0.2, 0) is 9.84 Å². The smallest absolute Gasteiger partial charge is 0.199 e. The second-order valence-corrected chi connectivity index (χ2v) is 5.43. The van der Waals surface area contributed by atoms with Crippen LogP contribution in [0.15, 0.2) is 53.3 Å². The van der Waals surface area contributed by atoms with Gasteiger partial charge in [0.05, 0.1) is 4.90 Å². The van der Waals surface area contributed by atoms with Gasteiger partial charge in [0.25, 0.3) is 0 Å². The van der Waals surface area contributed by atoms with Gasteiger partial charge in [-0.2, -0.15) is 0 Å². The summed E-state index contributed by atoms with van der Waals surface area (Å²) in [5.41, 5.74) is 1.05. The number of aryl methyl sites for hydroxylation is 1. The third-order valence-electron chi connectivity index (χ3n) is 2.16. The van der Waals surface area contributed by atoms with E-state index in [2.05, 4.69) is 6.58 Å². The fourth-order valence-corrected chi connectivity index (χ4v) is 2.28. The van der Waals surface area contributed by atoms with Gasteiger partial charge in [-0.25, -0.2) is 8.42 Å². The van der Waals surface area contributed by atoms with Crippen LogP contribution in [0.4, 0.5) is 0 Å². The van der Waals surface area contributed by atoms with E-state index in [1.807, 2.05) is 6.92 Å². The maximum Gasteiger partial charge on any atom is 0.199 e. The van der Waals surface area contributed by atoms with Crippen LogP contribution < -0.4 is 0 Å². The molecule has 0 atom stereocenters. The van der Waals surface area contributed by atoms with Gasteiger partial charge in [-0.1, -0.05) is 29.8 Å². The Morgan fingerprint density at radius 3 is 2.38 bits per heavy atom. The number of allylic oxidation sites excluding steroid dienone is 2. The molecule has 0 saturated carbocycles. The van der Waals surface area contributed by atoms with Crippen LogP contribution in [-0.4, -0.2) is 8.42 Å². The summed E-state index contributed by atoms with van der Waals surface area (Å²) in [6, 6.07) is 6.85. The SMILES string of the molecule is C=CCC/C=C/S(=O)(=O)c1ccc(C)cc1. The van der Waals surface area contributed by atoms with Crippen molar-refractivity contribution in [1.82, 2.24) is 0 Å². The minimum atomic E-state index is -3.27. The Kier molecular flexibility index (Phi) is 4.50. The van der Waals surface area contributed by atoms with E-state index in [4.69, 9.17) is 0 Å². The van der Waals surface area contributed by atoms with Crippen LogP contribution in [0.1, 0.15) is 18.4 Å². The van der Waals surface area contributed by atoms with Gasteiger partial charge in [-0.15, -0.1) is 6.58 Å². The Morgan fingerprint density at radius 1 is 1.19 bits per heavy atom. The van der Waals surface area contributed by atoms with Gasteiger partial charge in [-0.3, -0.25) is 0 Å². The van der Waals surface area contributed by atoms with Crippen molar-refractivity contribution >= 4 is 9.84 Å². The van der Waals surface area contributed by atoms with E-state index in [-0.39, 0.29) is 0 Å². The molecule has 0 amide bonds. The largest absolute Gasteiger partial charge is 0.219 e. The van der Waals surface area contributed by atoms with Gasteiger partial charge in [0.2, 0.25) is 0 Å². The highest BCUT2D eigenvalue weighted by Gasteiger charge is 2.08. The zero-order valence-corrected chi connectivity index (χ0v) is 10.2. The Labute approximate surface area is 97.2 Å². The van der Waals surface area contributed by atoms with E-state index >= 15 is 0 Å². The molecule has 0 aromatic heterocycles. The van der Waals surface area contributed by atoms with E-state index in [9.17, 15) is 8.42 Å². The van der Waals surface area contributed by atoms with Crippen molar-refractivity contribution < 1.29 is 8.42 Å². The van der Waals surface area contributed by atoms with Crippen LogP contribution in [0.2, 0.25) is 0 Å². The van der Waals surface area contributed by atoms with Crippen LogP contribution in [0.25, 0.3) is 0 Å². The molecule has 0 unspecified atom stereocenters. The highest BCUT2D eigenvalue weighted by molar-refractivity contribution is 7.94. The molecule has 1 aromatic rings. The van der Waals surface area contributed by atoms with Crippen molar-refractivity contribution in [3.8, 4) is 0 Å². The molecule has 0 bridgehead atoms. The summed E-state index contributed by atoms with van der Waals surface area (Å²) < 4.78 is 23.6. The van der Waals surface area contributed by atoms with Crippen molar-refractivity contribution in [2.24, 2.45) is 0 Å². The zero-order chi connectivity index (χ0) is 12.0. The predicted molar refractivity (Wildman–Crippen MR) is 66.9 cm³/mol. The first kappa shape index (κ1) is 12.7. The first-order valence-electron chi connectivity index (χ1n) is 5.15. The van der Waals surface area contributed by atoms with Crippen molar-refractivity contribution in [3.05, 3.63) is 54.0 Å². The Bertz CT molecular complexity index is 467. The number of hydrogen-bond donors (Lipinski definition) is 0. The van der Waals surface area contributed by atoms with Crippen molar-refractivity contribution in [1.29, 1.82) is 0 Å². The highest BCUT2D eigenvalue weighted by atomic mass is 32.2. The molecule has 0 N–H and O–H groups in total. The number of unbranched alkanes of at least 4 members (excludes halogenated alkanes) is 1. The molecule has 0 fully saturated rings. The molecule has 0 heterocycles. The molecule has 3 heteroatoms. The monoisotopic (exact) mass is 236 g/mol. The van der Waals surface area contributed by atoms with E-state index in [0.717, 1.165) is 12.0 Å². The summed E-state index contributed by atoms with van der Waals surface area (Å²) >= 11 is 0. The quantitative estimate of drug-likeness (QED) is 0.581. The summed E-state index contributed by atoms with van der Waals surface area (Å²) in [6.45, 7) is 5.51. The van der Waals surface area contributed by atoms with Gasteiger partial charge in [0.15, 0.2) is 9.84 Å². The molecule has 0 aliphatic heterocycles. The molecule has 0 aliphatic carbocycles. The fraction of sp³-hybridized carbons (Fsp3) is 0.231. The second-order valence-electron chi connectivity index (χ2n) is 3.60.